The molecule has 2 aromatic heterocycles. The van der Waals surface area contributed by atoms with Gasteiger partial charge in [0.1, 0.15) is 5.82 Å². The number of anilines is 1. The van der Waals surface area contributed by atoms with E-state index in [4.69, 9.17) is 4.74 Å². The van der Waals surface area contributed by atoms with E-state index in [0.717, 1.165) is 56.3 Å². The minimum absolute atomic E-state index is 0.126. The second-order valence-electron chi connectivity index (χ2n) is 10.5. The molecule has 8 nitrogen and oxygen atoms in total. The van der Waals surface area contributed by atoms with Gasteiger partial charge in [0.2, 0.25) is 0 Å². The maximum atomic E-state index is 14.4. The molecule has 1 N–H and O–H groups in total. The van der Waals surface area contributed by atoms with Gasteiger partial charge < -0.3 is 14.6 Å². The van der Waals surface area contributed by atoms with Gasteiger partial charge in [0, 0.05) is 49.9 Å². The molecule has 0 spiro atoms. The molecule has 1 aromatic carbocycles. The van der Waals surface area contributed by atoms with Gasteiger partial charge in [0.05, 0.1) is 29.7 Å². The summed E-state index contributed by atoms with van der Waals surface area (Å²) in [5.41, 5.74) is -1.20. The Hall–Kier alpha value is -3.18. The van der Waals surface area contributed by atoms with Gasteiger partial charge in [-0.25, -0.2) is 17.9 Å². The highest BCUT2D eigenvalue weighted by Crippen LogP contribution is 2.67. The normalized spacial score (nSPS) is 25.2. The molecule has 0 amide bonds. The number of nitrogens with zero attached hydrogens (tertiary/aromatic N) is 4. The highest BCUT2D eigenvalue weighted by molar-refractivity contribution is 5.90. The van der Waals surface area contributed by atoms with Crippen molar-refractivity contribution in [3.8, 4) is 0 Å². The summed E-state index contributed by atoms with van der Waals surface area (Å²) in [5, 5.41) is 8.22. The van der Waals surface area contributed by atoms with Crippen LogP contribution in [0.2, 0.25) is 0 Å². The molecule has 3 aromatic rings. The number of fused-ring (bicyclic) bond motifs is 1. The lowest BCUT2D eigenvalue weighted by molar-refractivity contribution is -0.221. The van der Waals surface area contributed by atoms with Crippen molar-refractivity contribution in [1.82, 2.24) is 19.2 Å². The second kappa shape index (κ2) is 8.70. The Bertz CT molecular complexity index is 1480. The predicted molar refractivity (Wildman–Crippen MR) is 132 cm³/mol. The summed E-state index contributed by atoms with van der Waals surface area (Å²) in [4.78, 5) is 28.4. The first-order valence-electron chi connectivity index (χ1n) is 12.5. The van der Waals surface area contributed by atoms with Gasteiger partial charge in [-0.15, -0.1) is 0 Å². The van der Waals surface area contributed by atoms with Crippen LogP contribution in [0.15, 0.2) is 40.1 Å². The lowest BCUT2D eigenvalue weighted by Crippen LogP contribution is -2.80. The zero-order valence-electron chi connectivity index (χ0n) is 20.5. The van der Waals surface area contributed by atoms with Crippen LogP contribution in [-0.2, 0) is 23.7 Å². The van der Waals surface area contributed by atoms with Crippen molar-refractivity contribution in [2.24, 2.45) is 7.05 Å². The van der Waals surface area contributed by atoms with Gasteiger partial charge in [-0.05, 0) is 31.2 Å². The first-order valence-corrected chi connectivity index (χ1v) is 12.5. The number of morpholine rings is 1. The van der Waals surface area contributed by atoms with Gasteiger partial charge in [-0.1, -0.05) is 18.2 Å². The summed E-state index contributed by atoms with van der Waals surface area (Å²) in [6, 6.07) is 5.33. The van der Waals surface area contributed by atoms with Gasteiger partial charge >= 0.3 is 0 Å². The molecule has 37 heavy (non-hydrogen) atoms. The third-order valence-electron chi connectivity index (χ3n) is 8.28. The zero-order valence-corrected chi connectivity index (χ0v) is 20.5. The standard InChI is InChI=1S/C26H28F3N5O3/c1-32-24(36)18-11-20(35)34(26-13-25(14-26,15-26)33-7-9-37-10-8-33)12-19(18)23(31-32)30-6-5-16-3-2-4-17(21(16)27)22(28)29/h2-4,11-12,22H,5-10,13-15H2,1H3,(H,30,31). The van der Waals surface area contributed by atoms with E-state index >= 15 is 0 Å². The predicted octanol–water partition coefficient (Wildman–Crippen LogP) is 2.79. The van der Waals surface area contributed by atoms with E-state index in [9.17, 15) is 22.8 Å². The lowest BCUT2D eigenvalue weighted by Gasteiger charge is -2.74. The average molecular weight is 516 g/mol. The topological polar surface area (TPSA) is 81.4 Å². The number of aromatic nitrogens is 3. The molecule has 0 unspecified atom stereocenters. The van der Waals surface area contributed by atoms with E-state index in [1.54, 1.807) is 10.8 Å². The van der Waals surface area contributed by atoms with Crippen LogP contribution in [-0.4, -0.2) is 57.6 Å². The van der Waals surface area contributed by atoms with Crippen molar-refractivity contribution in [3.05, 3.63) is 68.1 Å². The number of ether oxygens (including phenoxy) is 1. The van der Waals surface area contributed by atoms with Gasteiger partial charge in [-0.3, -0.25) is 14.5 Å². The Labute approximate surface area is 210 Å². The van der Waals surface area contributed by atoms with E-state index in [1.807, 2.05) is 0 Å². The minimum atomic E-state index is -2.89. The van der Waals surface area contributed by atoms with Crippen molar-refractivity contribution in [1.29, 1.82) is 0 Å². The largest absolute Gasteiger partial charge is 0.379 e. The van der Waals surface area contributed by atoms with Gasteiger partial charge in [0.25, 0.3) is 17.5 Å². The third-order valence-corrected chi connectivity index (χ3v) is 8.28. The molecule has 11 heteroatoms. The Kier molecular flexibility index (Phi) is 5.68. The molecule has 3 saturated carbocycles. The summed E-state index contributed by atoms with van der Waals surface area (Å²) in [7, 11) is 1.50. The zero-order chi connectivity index (χ0) is 25.9. The lowest BCUT2D eigenvalue weighted by atomic mass is 9.43. The van der Waals surface area contributed by atoms with E-state index in [-0.39, 0.29) is 46.1 Å². The Balaban J connectivity index is 1.27. The molecule has 3 heterocycles. The minimum Gasteiger partial charge on any atom is -0.379 e. The number of rotatable bonds is 7. The highest BCUT2D eigenvalue weighted by atomic mass is 19.3. The van der Waals surface area contributed by atoms with Crippen molar-refractivity contribution in [3.63, 3.8) is 0 Å². The van der Waals surface area contributed by atoms with Crippen LogP contribution in [0.4, 0.5) is 19.0 Å². The third kappa shape index (κ3) is 3.78. The van der Waals surface area contributed by atoms with Crippen LogP contribution >= 0.6 is 0 Å². The molecule has 4 fully saturated rings. The maximum absolute atomic E-state index is 14.4. The fourth-order valence-corrected chi connectivity index (χ4v) is 6.41. The molecule has 3 aliphatic carbocycles. The number of benzene rings is 1. The molecule has 7 rings (SSSR count). The van der Waals surface area contributed by atoms with Crippen LogP contribution in [0.3, 0.4) is 0 Å². The summed E-state index contributed by atoms with van der Waals surface area (Å²) in [6.45, 7) is 3.46. The molecular formula is C26H28F3N5O3. The number of halogens is 3. The van der Waals surface area contributed by atoms with Crippen LogP contribution in [0.1, 0.15) is 36.8 Å². The van der Waals surface area contributed by atoms with Crippen molar-refractivity contribution in [2.75, 3.05) is 38.2 Å². The first-order chi connectivity index (χ1) is 17.7. The summed E-state index contributed by atoms with van der Waals surface area (Å²) in [6.07, 6.45) is 1.61. The monoisotopic (exact) mass is 515 g/mol. The molecule has 196 valence electrons. The fraction of sp³-hybridized carbons (Fsp3) is 0.500. The van der Waals surface area contributed by atoms with E-state index in [0.29, 0.717) is 11.2 Å². The summed E-state index contributed by atoms with van der Waals surface area (Å²) >= 11 is 0. The summed E-state index contributed by atoms with van der Waals surface area (Å²) < 4.78 is 48.9. The quantitative estimate of drug-likeness (QED) is 0.521. The Morgan fingerprint density at radius 2 is 1.84 bits per heavy atom. The van der Waals surface area contributed by atoms with Crippen molar-refractivity contribution >= 4 is 16.6 Å². The van der Waals surface area contributed by atoms with E-state index < -0.39 is 17.8 Å². The van der Waals surface area contributed by atoms with Crippen molar-refractivity contribution in [2.45, 2.75) is 43.2 Å². The molecule has 0 radical (unpaired) electrons. The number of alkyl halides is 2. The van der Waals surface area contributed by atoms with E-state index in [2.05, 4.69) is 15.3 Å². The first kappa shape index (κ1) is 24.2. The SMILES string of the molecule is Cn1nc(NCCc2cccc(C(F)F)c2F)c2cn(C34CC(N5CCOCC5)(C3)C4)c(=O)cc2c1=O. The van der Waals surface area contributed by atoms with Gasteiger partial charge in [0.15, 0.2) is 5.82 Å². The fourth-order valence-electron chi connectivity index (χ4n) is 6.41. The number of hydrogen-bond acceptors (Lipinski definition) is 6. The smallest absolute Gasteiger partial charge is 0.274 e. The number of aryl methyl sites for hydroxylation is 1. The Morgan fingerprint density at radius 3 is 2.54 bits per heavy atom. The number of nitrogens with one attached hydrogen (secondary N) is 1. The van der Waals surface area contributed by atoms with Crippen molar-refractivity contribution < 1.29 is 17.9 Å². The molecule has 1 saturated heterocycles. The average Bonchev–Trinajstić information content (AvgIpc) is 2.83. The molecule has 1 aliphatic heterocycles. The molecule has 4 aliphatic rings. The maximum Gasteiger partial charge on any atom is 0.274 e. The summed E-state index contributed by atoms with van der Waals surface area (Å²) in [5.74, 6) is -0.532. The molecule has 0 atom stereocenters. The van der Waals surface area contributed by atoms with Crippen LogP contribution in [0, 0.1) is 5.82 Å². The number of pyridine rings is 1. The van der Waals surface area contributed by atoms with Crippen LogP contribution < -0.4 is 16.4 Å². The van der Waals surface area contributed by atoms with E-state index in [1.165, 1.54) is 25.2 Å². The van der Waals surface area contributed by atoms with Gasteiger partial charge in [-0.2, -0.15) is 5.10 Å². The van der Waals surface area contributed by atoms with Crippen LogP contribution in [0.5, 0.6) is 0 Å². The van der Waals surface area contributed by atoms with Crippen LogP contribution in [0.25, 0.3) is 10.8 Å². The second-order valence-corrected chi connectivity index (χ2v) is 10.5. The molecule has 2 bridgehead atoms. The highest BCUT2D eigenvalue weighted by Gasteiger charge is 2.71. The Morgan fingerprint density at radius 1 is 1.11 bits per heavy atom. The molecular weight excluding hydrogens is 487 g/mol. The number of hydrogen-bond donors (Lipinski definition) is 1.